The van der Waals surface area contributed by atoms with Gasteiger partial charge in [-0.05, 0) is 35.8 Å². The van der Waals surface area contributed by atoms with Crippen LogP contribution in [0.4, 0.5) is 10.1 Å². The lowest BCUT2D eigenvalue weighted by Gasteiger charge is -2.29. The fourth-order valence-electron chi connectivity index (χ4n) is 1.68. The maximum absolute atomic E-state index is 13.3. The van der Waals surface area contributed by atoms with Crippen LogP contribution in [0.2, 0.25) is 0 Å². The molecular formula is C12H9FNO4S2-. The zero-order chi connectivity index (χ0) is 14.7. The Morgan fingerprint density at radius 2 is 2.25 bits per heavy atom. The number of rotatable bonds is 4. The molecule has 0 fully saturated rings. The lowest BCUT2D eigenvalue weighted by Crippen LogP contribution is -2.26. The van der Waals surface area contributed by atoms with E-state index >= 15 is 0 Å². The number of carbonyl (C=O) groups is 1. The number of aromatic carboxylic acids is 1. The van der Waals surface area contributed by atoms with Crippen LogP contribution in [0.15, 0.2) is 41.5 Å². The van der Waals surface area contributed by atoms with Crippen molar-refractivity contribution >= 4 is 34.7 Å². The van der Waals surface area contributed by atoms with Crippen LogP contribution in [0, 0.1) is 5.82 Å². The number of thioether (sulfide) groups is 1. The van der Waals surface area contributed by atoms with Crippen molar-refractivity contribution in [3.8, 4) is 0 Å². The van der Waals surface area contributed by atoms with E-state index in [-0.39, 0.29) is 16.9 Å². The molecule has 1 aliphatic heterocycles. The number of anilines is 1. The van der Waals surface area contributed by atoms with Gasteiger partial charge in [0.25, 0.3) is 0 Å². The fourth-order valence-corrected chi connectivity index (χ4v) is 2.92. The third-order valence-electron chi connectivity index (χ3n) is 2.52. The molecule has 1 heterocycles. The first-order chi connectivity index (χ1) is 9.50. The Bertz CT molecular complexity index is 630. The molecule has 1 aromatic carbocycles. The highest BCUT2D eigenvalue weighted by Gasteiger charge is 2.20. The van der Waals surface area contributed by atoms with Gasteiger partial charge in [0.15, 0.2) is 0 Å². The molecule has 0 bridgehead atoms. The van der Waals surface area contributed by atoms with E-state index in [1.165, 1.54) is 17.8 Å². The third kappa shape index (κ3) is 3.09. The third-order valence-corrected chi connectivity index (χ3v) is 3.91. The molecule has 1 atom stereocenters. The average Bonchev–Trinajstić information content (AvgIpc) is 2.39. The summed E-state index contributed by atoms with van der Waals surface area (Å²) >= 11 is -1.30. The average molecular weight is 314 g/mol. The fraction of sp³-hybridized carbons (Fsp3) is 0.0833. The van der Waals surface area contributed by atoms with Crippen LogP contribution in [-0.4, -0.2) is 25.6 Å². The molecule has 2 rings (SSSR count). The molecule has 1 aromatic rings. The molecule has 1 aliphatic rings. The second-order valence-corrected chi connectivity index (χ2v) is 5.48. The molecular weight excluding hydrogens is 305 g/mol. The smallest absolute Gasteiger partial charge is 0.337 e. The summed E-state index contributed by atoms with van der Waals surface area (Å²) in [5.74, 6) is -1.49. The van der Waals surface area contributed by atoms with Crippen LogP contribution in [0.3, 0.4) is 0 Å². The monoisotopic (exact) mass is 314 g/mol. The molecule has 0 radical (unpaired) electrons. The molecule has 0 aliphatic carbocycles. The van der Waals surface area contributed by atoms with Gasteiger partial charge in [0.1, 0.15) is 5.82 Å². The van der Waals surface area contributed by atoms with Crippen molar-refractivity contribution in [3.63, 3.8) is 0 Å². The quantitative estimate of drug-likeness (QED) is 0.862. The number of hydrogen-bond acceptors (Lipinski definition) is 4. The number of hydrogen-bond donors (Lipinski definition) is 1. The van der Waals surface area contributed by atoms with E-state index in [0.29, 0.717) is 5.75 Å². The van der Waals surface area contributed by atoms with Crippen LogP contribution in [0.1, 0.15) is 10.4 Å². The molecule has 8 heteroatoms. The molecule has 0 amide bonds. The highest BCUT2D eigenvalue weighted by Crippen LogP contribution is 2.29. The Morgan fingerprint density at radius 1 is 1.50 bits per heavy atom. The molecule has 0 aromatic heterocycles. The normalized spacial score (nSPS) is 15.6. The number of carboxylic acids is 1. The van der Waals surface area contributed by atoms with Crippen LogP contribution in [0.25, 0.3) is 0 Å². The molecule has 106 valence electrons. The maximum atomic E-state index is 13.3. The Hall–Kier alpha value is -1.64. The van der Waals surface area contributed by atoms with E-state index in [1.54, 1.807) is 11.5 Å². The largest absolute Gasteiger partial charge is 0.755 e. The number of carboxylic acid groups (broad SMARTS) is 1. The lowest BCUT2D eigenvalue weighted by molar-refractivity contribution is 0.0698. The van der Waals surface area contributed by atoms with Crippen molar-refractivity contribution in [2.75, 3.05) is 10.1 Å². The van der Waals surface area contributed by atoms with Crippen LogP contribution in [0.5, 0.6) is 0 Å². The predicted octanol–water partition coefficient (Wildman–Crippen LogP) is 2.27. The van der Waals surface area contributed by atoms with Crippen molar-refractivity contribution in [2.45, 2.75) is 0 Å². The first-order valence-corrected chi connectivity index (χ1v) is 7.49. The standard InChI is InChI=1S/C12H10FNO4S2/c13-8-1-2-10(12(15)16)11(7-8)14(20(17)18)9-3-5-19-6-4-9/h1-5,7H,6H2,(H,15,16)(H,17,18)/p-1. The summed E-state index contributed by atoms with van der Waals surface area (Å²) in [7, 11) is 0. The Labute approximate surface area is 121 Å². The summed E-state index contributed by atoms with van der Waals surface area (Å²) < 4.78 is 36.9. The minimum absolute atomic E-state index is 0.228. The van der Waals surface area contributed by atoms with Gasteiger partial charge in [-0.3, -0.25) is 8.51 Å². The van der Waals surface area contributed by atoms with E-state index < -0.39 is 23.1 Å². The molecule has 1 N–H and O–H groups in total. The summed E-state index contributed by atoms with van der Waals surface area (Å²) in [6.07, 6.45) is 3.15. The number of halogens is 1. The summed E-state index contributed by atoms with van der Waals surface area (Å²) in [4.78, 5) is 11.2. The van der Waals surface area contributed by atoms with Crippen LogP contribution in [-0.2, 0) is 11.3 Å². The first-order valence-electron chi connectivity index (χ1n) is 5.41. The lowest BCUT2D eigenvalue weighted by atomic mass is 10.1. The van der Waals surface area contributed by atoms with Gasteiger partial charge >= 0.3 is 5.97 Å². The number of benzene rings is 1. The van der Waals surface area contributed by atoms with E-state index in [1.807, 2.05) is 0 Å². The van der Waals surface area contributed by atoms with Crippen molar-refractivity contribution in [3.05, 3.63) is 52.8 Å². The molecule has 0 saturated carbocycles. The molecule has 5 nitrogen and oxygen atoms in total. The van der Waals surface area contributed by atoms with Crippen LogP contribution < -0.4 is 4.31 Å². The summed E-state index contributed by atoms with van der Waals surface area (Å²) in [6, 6.07) is 2.89. The molecule has 0 saturated heterocycles. The maximum Gasteiger partial charge on any atom is 0.337 e. The summed E-state index contributed by atoms with van der Waals surface area (Å²) in [6.45, 7) is 0. The van der Waals surface area contributed by atoms with Gasteiger partial charge in [0, 0.05) is 5.75 Å². The van der Waals surface area contributed by atoms with Crippen molar-refractivity contribution < 1.29 is 23.1 Å². The summed E-state index contributed by atoms with van der Waals surface area (Å²) in [5.41, 5.74) is -0.234. The second-order valence-electron chi connectivity index (χ2n) is 3.74. The second kappa shape index (κ2) is 6.21. The molecule has 20 heavy (non-hydrogen) atoms. The van der Waals surface area contributed by atoms with E-state index in [9.17, 15) is 17.9 Å². The van der Waals surface area contributed by atoms with Crippen molar-refractivity contribution in [1.29, 1.82) is 0 Å². The molecule has 0 spiro atoms. The van der Waals surface area contributed by atoms with Gasteiger partial charge in [-0.15, -0.1) is 11.8 Å². The van der Waals surface area contributed by atoms with Gasteiger partial charge in [-0.2, -0.15) is 0 Å². The topological polar surface area (TPSA) is 80.7 Å². The Kier molecular flexibility index (Phi) is 4.58. The minimum atomic E-state index is -2.76. The van der Waals surface area contributed by atoms with Gasteiger partial charge in [0.2, 0.25) is 0 Å². The highest BCUT2D eigenvalue weighted by molar-refractivity contribution is 8.02. The van der Waals surface area contributed by atoms with Crippen molar-refractivity contribution in [2.24, 2.45) is 0 Å². The van der Waals surface area contributed by atoms with Gasteiger partial charge in [0.05, 0.1) is 28.2 Å². The van der Waals surface area contributed by atoms with E-state index in [4.69, 9.17) is 5.11 Å². The SMILES string of the molecule is O=C(O)c1ccc(F)cc1N(C1=CCSC=C1)S(=O)[O-]. The van der Waals surface area contributed by atoms with Gasteiger partial charge in [-0.1, -0.05) is 0 Å². The van der Waals surface area contributed by atoms with E-state index in [0.717, 1.165) is 22.5 Å². The zero-order valence-electron chi connectivity index (χ0n) is 9.98. The minimum Gasteiger partial charge on any atom is -0.755 e. The Balaban J connectivity index is 2.57. The van der Waals surface area contributed by atoms with Crippen LogP contribution >= 0.6 is 11.8 Å². The zero-order valence-corrected chi connectivity index (χ0v) is 11.6. The van der Waals surface area contributed by atoms with Gasteiger partial charge < -0.3 is 9.66 Å². The Morgan fingerprint density at radius 3 is 2.80 bits per heavy atom. The molecule has 1 unspecified atom stereocenters. The van der Waals surface area contributed by atoms with Gasteiger partial charge in [-0.25, -0.2) is 9.18 Å². The highest BCUT2D eigenvalue weighted by atomic mass is 32.2. The summed E-state index contributed by atoms with van der Waals surface area (Å²) in [5, 5.41) is 10.8. The number of nitrogens with zero attached hydrogens (tertiary/aromatic N) is 1. The number of allylic oxidation sites excluding steroid dienone is 1. The van der Waals surface area contributed by atoms with E-state index in [2.05, 4.69) is 0 Å². The van der Waals surface area contributed by atoms with Crippen molar-refractivity contribution in [1.82, 2.24) is 0 Å². The first kappa shape index (κ1) is 14.8. The predicted molar refractivity (Wildman–Crippen MR) is 74.4 cm³/mol.